The lowest BCUT2D eigenvalue weighted by atomic mass is 9.86. The second-order valence-corrected chi connectivity index (χ2v) is 16.7. The minimum absolute atomic E-state index is 0.00128. The minimum Gasteiger partial charge on any atom is -0.505 e. The number of phenols is 1. The lowest BCUT2D eigenvalue weighted by Crippen LogP contribution is -2.46. The molecule has 4 aliphatic rings. The molecule has 0 aliphatic carbocycles. The molecule has 16 heteroatoms. The zero-order valence-corrected chi connectivity index (χ0v) is 36.4. The van der Waals surface area contributed by atoms with E-state index in [0.29, 0.717) is 24.4 Å². The second kappa shape index (κ2) is 17.2. The predicted molar refractivity (Wildman–Crippen MR) is 229 cm³/mol. The zero-order chi connectivity index (χ0) is 44.9. The number of rotatable bonds is 6. The highest BCUT2D eigenvalue weighted by molar-refractivity contribution is 6.26. The number of aliphatic hydroxyl groups is 1. The van der Waals surface area contributed by atoms with Crippen LogP contribution in [0.3, 0.4) is 0 Å². The number of carbonyl (C=O) groups is 3. The number of hydrogen-bond acceptors (Lipinski definition) is 15. The lowest BCUT2D eigenvalue weighted by Gasteiger charge is -2.33. The number of Topliss-reactive ketones (excluding diaryl/α,β-unsaturated/α-hetero) is 1. The zero-order valence-electron chi connectivity index (χ0n) is 36.4. The van der Waals surface area contributed by atoms with Gasteiger partial charge in [-0.05, 0) is 46.2 Å². The van der Waals surface area contributed by atoms with Crippen molar-refractivity contribution in [3.05, 3.63) is 75.7 Å². The van der Waals surface area contributed by atoms with E-state index in [1.807, 2.05) is 38.9 Å². The summed E-state index contributed by atoms with van der Waals surface area (Å²) in [4.78, 5) is 62.2. The van der Waals surface area contributed by atoms with E-state index in [-0.39, 0.29) is 67.4 Å². The highest BCUT2D eigenvalue weighted by atomic mass is 16.7. The molecule has 4 aliphatic heterocycles. The molecule has 0 saturated carbocycles. The fourth-order valence-electron chi connectivity index (χ4n) is 8.40. The fraction of sp³-hybridized carbons (Fsp3) is 0.457. The van der Waals surface area contributed by atoms with E-state index in [9.17, 15) is 29.4 Å². The summed E-state index contributed by atoms with van der Waals surface area (Å²) in [5, 5.41) is 25.9. The maximum absolute atomic E-state index is 14.7. The van der Waals surface area contributed by atoms with Gasteiger partial charge in [0.05, 0.1) is 35.5 Å². The van der Waals surface area contributed by atoms with Crippen LogP contribution in [-0.4, -0.2) is 108 Å². The molecule has 1 fully saturated rings. The van der Waals surface area contributed by atoms with E-state index in [4.69, 9.17) is 37.8 Å². The van der Waals surface area contributed by atoms with Crippen molar-refractivity contribution in [2.24, 2.45) is 17.8 Å². The van der Waals surface area contributed by atoms with Crippen molar-refractivity contribution in [2.75, 3.05) is 39.7 Å². The van der Waals surface area contributed by atoms with Crippen molar-refractivity contribution in [3.8, 4) is 17.2 Å². The summed E-state index contributed by atoms with van der Waals surface area (Å²) in [5.41, 5.74) is -0.352. The summed E-state index contributed by atoms with van der Waals surface area (Å²) in [5.74, 6) is -5.47. The number of anilines is 1. The first-order chi connectivity index (χ1) is 29.4. The van der Waals surface area contributed by atoms with Crippen molar-refractivity contribution in [2.45, 2.75) is 84.8 Å². The molecule has 0 unspecified atom stereocenters. The maximum atomic E-state index is 14.7. The number of hydrogen-bond donors (Lipinski definition) is 3. The monoisotopic (exact) mass is 855 g/mol. The fourth-order valence-corrected chi connectivity index (χ4v) is 8.40. The molecule has 62 heavy (non-hydrogen) atoms. The number of allylic oxidation sites excluding steroid dienone is 2. The van der Waals surface area contributed by atoms with Gasteiger partial charge >= 0.3 is 11.8 Å². The van der Waals surface area contributed by atoms with Crippen molar-refractivity contribution in [1.29, 1.82) is 0 Å². The molecule has 16 nitrogen and oxygen atoms in total. The number of fused-ring (bicyclic) bond motifs is 9. The van der Waals surface area contributed by atoms with Gasteiger partial charge in [-0.2, -0.15) is 0 Å². The Hall–Kier alpha value is -5.81. The number of esters is 1. The van der Waals surface area contributed by atoms with Crippen LogP contribution in [0.1, 0.15) is 57.5 Å². The molecule has 0 spiro atoms. The number of aliphatic hydroxyl groups excluding tert-OH is 1. The Morgan fingerprint density at radius 2 is 1.79 bits per heavy atom. The standard InChI is InChI=1S/C46H53N3O13/c1-21-12-11-13-22(2)45(55)48-35-38(53)32-31(34-42(35)60-30-20-27(14-15-28(30)47-34)57-19-17-49(8)9)33-40(24(4)36(32)51)62-46(7,44(33)54)58-18-16-29(56-10)23(3)41(59-26(6)50)43-37(52)25(5)39(21)61-43/h11-16,18,20-21,23,25,29,37,39,41,43,52-53H,17,19H2,1-10H3,(H,48,55)/b12-11+,18-16+,22-13-/t21-,23+,25-,29-,37+,39-,41+,43+,46-/m0/s1. The van der Waals surface area contributed by atoms with Gasteiger partial charge in [-0.3, -0.25) is 19.2 Å². The second-order valence-electron chi connectivity index (χ2n) is 16.7. The van der Waals surface area contributed by atoms with Crippen LogP contribution in [-0.2, 0) is 28.5 Å². The van der Waals surface area contributed by atoms with Gasteiger partial charge in [-0.15, -0.1) is 0 Å². The Balaban J connectivity index is 1.43. The first-order valence-corrected chi connectivity index (χ1v) is 20.5. The van der Waals surface area contributed by atoms with Gasteiger partial charge in [-0.1, -0.05) is 39.0 Å². The summed E-state index contributed by atoms with van der Waals surface area (Å²) in [6.07, 6.45) is 3.62. The van der Waals surface area contributed by atoms with Crippen molar-refractivity contribution >= 4 is 56.3 Å². The molecule has 1 saturated heterocycles. The Bertz CT molecular complexity index is 2610. The van der Waals surface area contributed by atoms with Gasteiger partial charge in [0.2, 0.25) is 0 Å². The Labute approximate surface area is 358 Å². The van der Waals surface area contributed by atoms with Gasteiger partial charge < -0.3 is 53.3 Å². The Morgan fingerprint density at radius 3 is 2.48 bits per heavy atom. The van der Waals surface area contributed by atoms with Gasteiger partial charge in [0, 0.05) is 67.8 Å². The third kappa shape index (κ3) is 7.91. The molecule has 3 aromatic carbocycles. The largest absolute Gasteiger partial charge is 0.505 e. The predicted octanol–water partition coefficient (Wildman–Crippen LogP) is 5.71. The van der Waals surface area contributed by atoms with Crippen LogP contribution in [0, 0.1) is 24.7 Å². The number of aromatic hydroxyl groups is 1. The maximum Gasteiger partial charge on any atom is 0.312 e. The number of likely N-dealkylation sites (N-methyl/N-ethyl adjacent to an activating group) is 1. The Kier molecular flexibility index (Phi) is 12.2. The third-order valence-electron chi connectivity index (χ3n) is 12.0. The molecule has 8 rings (SSSR count). The van der Waals surface area contributed by atoms with E-state index in [1.54, 1.807) is 44.2 Å². The van der Waals surface area contributed by atoms with Gasteiger partial charge in [-0.25, -0.2) is 4.98 Å². The molecule has 3 N–H and O–H groups in total. The number of nitrogens with one attached hydrogen (secondary N) is 1. The quantitative estimate of drug-likeness (QED) is 0.0920. The number of methoxy groups -OCH3 is 1. The molecule has 7 bridgehead atoms. The molecular formula is C46H53N3O13. The number of amides is 1. The minimum atomic E-state index is -2.03. The lowest BCUT2D eigenvalue weighted by molar-refractivity contribution is -0.168. The number of carbonyl (C=O) groups excluding carboxylic acids is 3. The SMILES string of the molecule is CO[C@H]1/C=C/O[C@@]2(C)Oc3c(C)c(=O)c4c(O)c(c5oc6cc(OCCN(C)C)ccc6nc5c4c3C2=O)NC(=O)/C(C)=C\C=C\[C@H](C)[C@@H]2O[C@H]([C@H](O)[C@@H]2C)[C@H](OC(C)=O)[C@@H]1C. The summed E-state index contributed by atoms with van der Waals surface area (Å²) in [6.45, 7) is 12.3. The first kappa shape index (κ1) is 44.3. The van der Waals surface area contributed by atoms with Crippen molar-refractivity contribution in [1.82, 2.24) is 9.88 Å². The Morgan fingerprint density at radius 1 is 1.05 bits per heavy atom. The highest BCUT2D eigenvalue weighted by Crippen LogP contribution is 2.48. The van der Waals surface area contributed by atoms with E-state index < -0.39 is 71.1 Å². The number of phenolic OH excluding ortho intramolecular Hbond substituents is 1. The smallest absolute Gasteiger partial charge is 0.312 e. The summed E-state index contributed by atoms with van der Waals surface area (Å²) in [7, 11) is 5.30. The first-order valence-electron chi connectivity index (χ1n) is 20.5. The average Bonchev–Trinajstić information content (AvgIpc) is 3.67. The number of benzene rings is 3. The number of ether oxygens (including phenoxy) is 6. The molecule has 0 radical (unpaired) electrons. The molecule has 5 heterocycles. The molecule has 1 aromatic heterocycles. The van der Waals surface area contributed by atoms with E-state index >= 15 is 0 Å². The summed E-state index contributed by atoms with van der Waals surface area (Å²) in [6, 6.07) is 5.00. The van der Waals surface area contributed by atoms with Gasteiger partial charge in [0.15, 0.2) is 22.3 Å². The molecular weight excluding hydrogens is 803 g/mol. The van der Waals surface area contributed by atoms with Crippen LogP contribution in [0.25, 0.3) is 33.0 Å². The molecule has 1 amide bonds. The van der Waals surface area contributed by atoms with E-state index in [1.165, 1.54) is 40.2 Å². The average molecular weight is 856 g/mol. The van der Waals surface area contributed by atoms with Crippen LogP contribution < -0.4 is 20.2 Å². The third-order valence-corrected chi connectivity index (χ3v) is 12.0. The highest BCUT2D eigenvalue weighted by Gasteiger charge is 2.51. The normalized spacial score (nSPS) is 29.8. The van der Waals surface area contributed by atoms with Crippen LogP contribution in [0.15, 0.2) is 63.6 Å². The molecule has 330 valence electrons. The van der Waals surface area contributed by atoms with Crippen molar-refractivity contribution in [3.63, 3.8) is 0 Å². The molecule has 9 atom stereocenters. The number of aromatic nitrogens is 1. The van der Waals surface area contributed by atoms with Crippen LogP contribution in [0.4, 0.5) is 5.69 Å². The van der Waals surface area contributed by atoms with Crippen LogP contribution >= 0.6 is 0 Å². The summed E-state index contributed by atoms with van der Waals surface area (Å²) >= 11 is 0. The van der Waals surface area contributed by atoms with Crippen molar-refractivity contribution < 1.29 is 57.4 Å². The van der Waals surface area contributed by atoms with Gasteiger partial charge in [0.1, 0.15) is 47.0 Å². The number of ketones is 1. The number of nitrogens with zero attached hydrogens (tertiary/aromatic N) is 2. The van der Waals surface area contributed by atoms with Crippen LogP contribution in [0.5, 0.6) is 17.2 Å². The topological polar surface area (TPSA) is 205 Å². The summed E-state index contributed by atoms with van der Waals surface area (Å²) < 4.78 is 42.7. The molecule has 4 aromatic rings. The van der Waals surface area contributed by atoms with Crippen LogP contribution in [0.2, 0.25) is 0 Å². The van der Waals surface area contributed by atoms with E-state index in [0.717, 1.165) is 0 Å². The van der Waals surface area contributed by atoms with E-state index in [2.05, 4.69) is 5.32 Å². The van der Waals surface area contributed by atoms with Gasteiger partial charge in [0.25, 0.3) is 11.7 Å².